The molecule has 8 nitrogen and oxygen atoms in total. The summed E-state index contributed by atoms with van der Waals surface area (Å²) in [6.45, 7) is 1.72. The molecule has 0 saturated heterocycles. The van der Waals surface area contributed by atoms with E-state index < -0.39 is 0 Å². The van der Waals surface area contributed by atoms with Gasteiger partial charge in [0.25, 0.3) is 0 Å². The van der Waals surface area contributed by atoms with Gasteiger partial charge in [0.05, 0.1) is 5.69 Å². The third kappa shape index (κ3) is 3.28. The Hall–Kier alpha value is -2.90. The van der Waals surface area contributed by atoms with Gasteiger partial charge in [-0.15, -0.1) is 10.2 Å². The third-order valence-corrected chi connectivity index (χ3v) is 2.11. The van der Waals surface area contributed by atoms with Crippen molar-refractivity contribution >= 4 is 17.6 Å². The Bertz CT molecular complexity index is 640. The molecule has 6 N–H and O–H groups in total. The van der Waals surface area contributed by atoms with Gasteiger partial charge in [-0.2, -0.15) is 4.99 Å². The predicted molar refractivity (Wildman–Crippen MR) is 71.6 cm³/mol. The molecule has 0 aliphatic rings. The Kier molecular flexibility index (Phi) is 3.42. The zero-order valence-electron chi connectivity index (χ0n) is 10.2. The highest BCUT2D eigenvalue weighted by Gasteiger charge is 2.06. The summed E-state index contributed by atoms with van der Waals surface area (Å²) in [6.07, 6.45) is 0. The monoisotopic (exact) mass is 259 g/mol. The summed E-state index contributed by atoms with van der Waals surface area (Å²) < 4.78 is 5.32. The van der Waals surface area contributed by atoms with Gasteiger partial charge in [0.15, 0.2) is 5.96 Å². The lowest BCUT2D eigenvalue weighted by atomic mass is 10.2. The van der Waals surface area contributed by atoms with Gasteiger partial charge in [-0.3, -0.25) is 0 Å². The van der Waals surface area contributed by atoms with Crippen molar-refractivity contribution in [2.45, 2.75) is 6.92 Å². The number of guanidine groups is 2. The molecule has 0 spiro atoms. The largest absolute Gasteiger partial charge is 0.421 e. The Morgan fingerprint density at radius 2 is 2.00 bits per heavy atom. The van der Waals surface area contributed by atoms with Crippen LogP contribution in [0.3, 0.4) is 0 Å². The smallest absolute Gasteiger partial charge is 0.247 e. The molecule has 0 amide bonds. The van der Waals surface area contributed by atoms with Crippen molar-refractivity contribution in [3.63, 3.8) is 0 Å². The number of hydrogen-bond donors (Lipinski definition) is 3. The zero-order chi connectivity index (χ0) is 13.8. The molecule has 1 heterocycles. The van der Waals surface area contributed by atoms with E-state index >= 15 is 0 Å². The molecule has 2 rings (SSSR count). The number of nitrogens with two attached hydrogens (primary N) is 3. The molecule has 1 aromatic heterocycles. The average molecular weight is 259 g/mol. The van der Waals surface area contributed by atoms with E-state index in [2.05, 4.69) is 20.2 Å². The topological polar surface area (TPSA) is 142 Å². The Labute approximate surface area is 109 Å². The normalized spacial score (nSPS) is 11.3. The number of hydrogen-bond acceptors (Lipinski definition) is 4. The molecule has 0 atom stereocenters. The van der Waals surface area contributed by atoms with Gasteiger partial charge in [-0.1, -0.05) is 6.07 Å². The highest BCUT2D eigenvalue weighted by molar-refractivity contribution is 5.93. The van der Waals surface area contributed by atoms with Crippen molar-refractivity contribution in [1.82, 2.24) is 10.2 Å². The van der Waals surface area contributed by atoms with Gasteiger partial charge in [-0.25, -0.2) is 4.99 Å². The highest BCUT2D eigenvalue weighted by atomic mass is 16.4. The first kappa shape index (κ1) is 12.6. The molecule has 0 aliphatic heterocycles. The van der Waals surface area contributed by atoms with Crippen LogP contribution >= 0.6 is 0 Å². The lowest BCUT2D eigenvalue weighted by molar-refractivity contribution is 0.533. The molecule has 0 unspecified atom stereocenters. The minimum absolute atomic E-state index is 0.0288. The fraction of sp³-hybridized carbons (Fsp3) is 0.0909. The summed E-state index contributed by atoms with van der Waals surface area (Å²) in [6, 6.07) is 7.10. The van der Waals surface area contributed by atoms with E-state index in [0.29, 0.717) is 17.5 Å². The fourth-order valence-electron chi connectivity index (χ4n) is 1.41. The Morgan fingerprint density at radius 1 is 1.21 bits per heavy atom. The number of aliphatic imine (C=N–C) groups is 2. The molecule has 2 aromatic rings. The summed E-state index contributed by atoms with van der Waals surface area (Å²) in [7, 11) is 0. The molecule has 98 valence electrons. The van der Waals surface area contributed by atoms with Crippen LogP contribution < -0.4 is 17.2 Å². The van der Waals surface area contributed by atoms with E-state index in [-0.39, 0.29) is 11.9 Å². The average Bonchev–Trinajstić information content (AvgIpc) is 2.75. The molecule has 0 radical (unpaired) electrons. The second-order valence-electron chi connectivity index (χ2n) is 3.68. The van der Waals surface area contributed by atoms with Gasteiger partial charge < -0.3 is 21.6 Å². The minimum atomic E-state index is -0.148. The summed E-state index contributed by atoms with van der Waals surface area (Å²) in [5, 5.41) is 7.68. The van der Waals surface area contributed by atoms with E-state index in [1.807, 2.05) is 6.07 Å². The van der Waals surface area contributed by atoms with E-state index in [0.717, 1.165) is 5.56 Å². The summed E-state index contributed by atoms with van der Waals surface area (Å²) >= 11 is 0. The first-order valence-electron chi connectivity index (χ1n) is 5.39. The van der Waals surface area contributed by atoms with Crippen molar-refractivity contribution in [1.29, 1.82) is 0 Å². The molecule has 19 heavy (non-hydrogen) atoms. The maximum absolute atomic E-state index is 5.55. The molecule has 8 heteroatoms. The summed E-state index contributed by atoms with van der Waals surface area (Å²) in [5.41, 5.74) is 17.3. The number of benzene rings is 1. The van der Waals surface area contributed by atoms with Crippen LogP contribution in [-0.4, -0.2) is 22.1 Å². The number of aryl methyl sites for hydroxylation is 1. The summed E-state index contributed by atoms with van der Waals surface area (Å²) in [5.74, 6) is 0.725. The summed E-state index contributed by atoms with van der Waals surface area (Å²) in [4.78, 5) is 7.68. The first-order valence-corrected chi connectivity index (χ1v) is 5.39. The van der Waals surface area contributed by atoms with Gasteiger partial charge in [0.2, 0.25) is 17.7 Å². The van der Waals surface area contributed by atoms with Crippen molar-refractivity contribution in [3.05, 3.63) is 30.2 Å². The number of nitrogens with zero attached hydrogens (tertiary/aromatic N) is 4. The minimum Gasteiger partial charge on any atom is -0.421 e. The standard InChI is InChI=1S/C11H13N7O/c1-6-17-18-9(19-6)7-3-2-4-8(5-7)15-11(14)16-10(12)13/h2-5H,1H3,(H6,12,13,14,15,16). The van der Waals surface area contributed by atoms with Crippen LogP contribution in [0.25, 0.3) is 11.5 Å². The lowest BCUT2D eigenvalue weighted by Gasteiger charge is -1.98. The van der Waals surface area contributed by atoms with Gasteiger partial charge in [0, 0.05) is 12.5 Å². The van der Waals surface area contributed by atoms with Crippen molar-refractivity contribution in [2.24, 2.45) is 27.2 Å². The molecular weight excluding hydrogens is 246 g/mol. The van der Waals surface area contributed by atoms with Crippen LogP contribution in [0.5, 0.6) is 0 Å². The molecule has 0 aliphatic carbocycles. The highest BCUT2D eigenvalue weighted by Crippen LogP contribution is 2.22. The van der Waals surface area contributed by atoms with Crippen LogP contribution in [-0.2, 0) is 0 Å². The van der Waals surface area contributed by atoms with Crippen LogP contribution in [0.15, 0.2) is 38.7 Å². The maximum Gasteiger partial charge on any atom is 0.247 e. The predicted octanol–water partition coefficient (Wildman–Crippen LogP) is 0.265. The second-order valence-corrected chi connectivity index (χ2v) is 3.68. The first-order chi connectivity index (χ1) is 9.04. The van der Waals surface area contributed by atoms with Crippen LogP contribution in [0, 0.1) is 6.92 Å². The third-order valence-electron chi connectivity index (χ3n) is 2.11. The van der Waals surface area contributed by atoms with Crippen LogP contribution in [0.2, 0.25) is 0 Å². The SMILES string of the molecule is Cc1nnc(-c2cccc(N=C(N)N=C(N)N)c2)o1. The second kappa shape index (κ2) is 5.17. The van der Waals surface area contributed by atoms with Gasteiger partial charge in [-0.05, 0) is 18.2 Å². The lowest BCUT2D eigenvalue weighted by Crippen LogP contribution is -2.26. The van der Waals surface area contributed by atoms with Crippen molar-refractivity contribution < 1.29 is 4.42 Å². The fourth-order valence-corrected chi connectivity index (χ4v) is 1.41. The maximum atomic E-state index is 5.55. The Morgan fingerprint density at radius 3 is 2.63 bits per heavy atom. The molecular formula is C11H13N7O. The Balaban J connectivity index is 2.32. The van der Waals surface area contributed by atoms with E-state index in [4.69, 9.17) is 21.6 Å². The quantitative estimate of drug-likeness (QED) is 0.521. The van der Waals surface area contributed by atoms with Crippen LogP contribution in [0.4, 0.5) is 5.69 Å². The van der Waals surface area contributed by atoms with Gasteiger partial charge >= 0.3 is 0 Å². The van der Waals surface area contributed by atoms with E-state index in [9.17, 15) is 0 Å². The molecule has 0 fully saturated rings. The van der Waals surface area contributed by atoms with Gasteiger partial charge in [0.1, 0.15) is 0 Å². The zero-order valence-corrected chi connectivity index (χ0v) is 10.2. The van der Waals surface area contributed by atoms with Crippen molar-refractivity contribution in [2.75, 3.05) is 0 Å². The number of rotatable bonds is 2. The molecule has 0 bridgehead atoms. The van der Waals surface area contributed by atoms with E-state index in [1.165, 1.54) is 0 Å². The number of aromatic nitrogens is 2. The van der Waals surface area contributed by atoms with Crippen LogP contribution in [0.1, 0.15) is 5.89 Å². The molecule has 0 saturated carbocycles. The molecule has 1 aromatic carbocycles. The van der Waals surface area contributed by atoms with Crippen molar-refractivity contribution in [3.8, 4) is 11.5 Å². The van der Waals surface area contributed by atoms with E-state index in [1.54, 1.807) is 25.1 Å².